The van der Waals surface area contributed by atoms with Gasteiger partial charge in [0, 0.05) is 25.2 Å². The third-order valence-electron chi connectivity index (χ3n) is 5.23. The molecular formula is C24H29F2N3O2. The van der Waals surface area contributed by atoms with Gasteiger partial charge in [-0.1, -0.05) is 13.0 Å². The molecule has 0 fully saturated rings. The summed E-state index contributed by atoms with van der Waals surface area (Å²) >= 11 is 0. The van der Waals surface area contributed by atoms with E-state index in [2.05, 4.69) is 23.8 Å². The molecule has 5 nitrogen and oxygen atoms in total. The van der Waals surface area contributed by atoms with Crippen LogP contribution in [0.25, 0.3) is 5.69 Å². The van der Waals surface area contributed by atoms with Crippen molar-refractivity contribution in [3.05, 3.63) is 71.4 Å². The van der Waals surface area contributed by atoms with Gasteiger partial charge < -0.3 is 9.84 Å². The quantitative estimate of drug-likeness (QED) is 0.506. The smallest absolute Gasteiger partial charge is 0.227 e. The molecule has 31 heavy (non-hydrogen) atoms. The molecule has 0 aliphatic heterocycles. The number of aromatic nitrogens is 2. The van der Waals surface area contributed by atoms with Crippen molar-refractivity contribution in [1.82, 2.24) is 14.7 Å². The fourth-order valence-corrected chi connectivity index (χ4v) is 3.29. The molecule has 1 atom stereocenters. The molecule has 0 amide bonds. The first-order chi connectivity index (χ1) is 14.8. The van der Waals surface area contributed by atoms with E-state index in [-0.39, 0.29) is 11.9 Å². The number of aryl methyl sites for hydroxylation is 1. The number of ether oxygens (including phenoxy) is 1. The maximum absolute atomic E-state index is 13.8. The summed E-state index contributed by atoms with van der Waals surface area (Å²) in [6, 6.07) is 12.0. The molecule has 2 aromatic carbocycles. The summed E-state index contributed by atoms with van der Waals surface area (Å²) < 4.78 is 34.9. The van der Waals surface area contributed by atoms with Gasteiger partial charge in [0.2, 0.25) is 5.88 Å². The molecular weight excluding hydrogens is 400 g/mol. The first kappa shape index (κ1) is 22.9. The van der Waals surface area contributed by atoms with Crippen LogP contribution in [-0.2, 0) is 6.54 Å². The minimum absolute atomic E-state index is 0.178. The lowest BCUT2D eigenvalue weighted by atomic mass is 10.1. The maximum atomic E-state index is 13.8. The first-order valence-electron chi connectivity index (χ1n) is 10.5. The van der Waals surface area contributed by atoms with E-state index in [9.17, 15) is 13.9 Å². The molecule has 0 saturated carbocycles. The summed E-state index contributed by atoms with van der Waals surface area (Å²) in [6.45, 7) is 8.95. The lowest BCUT2D eigenvalue weighted by molar-refractivity contribution is 0.0876. The van der Waals surface area contributed by atoms with Crippen LogP contribution in [0.5, 0.6) is 11.6 Å². The van der Waals surface area contributed by atoms with Crippen LogP contribution in [0.3, 0.4) is 0 Å². The van der Waals surface area contributed by atoms with Crippen LogP contribution in [0.4, 0.5) is 8.78 Å². The number of aliphatic hydroxyl groups excluding tert-OH is 1. The highest BCUT2D eigenvalue weighted by atomic mass is 19.1. The van der Waals surface area contributed by atoms with Gasteiger partial charge in [-0.15, -0.1) is 0 Å². The Kier molecular flexibility index (Phi) is 7.41. The van der Waals surface area contributed by atoms with Crippen molar-refractivity contribution in [3.8, 4) is 17.3 Å². The predicted octanol–water partition coefficient (Wildman–Crippen LogP) is 5.23. The summed E-state index contributed by atoms with van der Waals surface area (Å²) in [5, 5.41) is 14.8. The minimum atomic E-state index is -0.442. The monoisotopic (exact) mass is 429 g/mol. The second kappa shape index (κ2) is 10.0. The Morgan fingerprint density at radius 3 is 2.42 bits per heavy atom. The topological polar surface area (TPSA) is 50.5 Å². The van der Waals surface area contributed by atoms with Gasteiger partial charge in [-0.05, 0) is 63.6 Å². The molecule has 7 heteroatoms. The zero-order valence-electron chi connectivity index (χ0n) is 18.3. The SMILES string of the molecule is CCC(O)CN(Cc1c(C)nn(-c2ccc(F)cc2)c1Oc1cccc(F)c1)C(C)C. The molecule has 0 bridgehead atoms. The van der Waals surface area contributed by atoms with E-state index in [0.29, 0.717) is 36.8 Å². The average molecular weight is 430 g/mol. The van der Waals surface area contributed by atoms with Crippen LogP contribution in [0.15, 0.2) is 48.5 Å². The van der Waals surface area contributed by atoms with Crippen molar-refractivity contribution in [2.75, 3.05) is 6.54 Å². The Hall–Kier alpha value is -2.77. The highest BCUT2D eigenvalue weighted by molar-refractivity contribution is 5.43. The van der Waals surface area contributed by atoms with Crippen molar-refractivity contribution in [2.45, 2.75) is 52.8 Å². The summed E-state index contributed by atoms with van der Waals surface area (Å²) in [5.74, 6) is 0.0269. The molecule has 0 aliphatic carbocycles. The number of halogens is 2. The molecule has 166 valence electrons. The molecule has 3 rings (SSSR count). The summed E-state index contributed by atoms with van der Waals surface area (Å²) in [4.78, 5) is 2.14. The van der Waals surface area contributed by atoms with Crippen LogP contribution in [-0.4, -0.2) is 38.5 Å². The van der Waals surface area contributed by atoms with Gasteiger partial charge in [0.1, 0.15) is 17.4 Å². The van der Waals surface area contributed by atoms with Gasteiger partial charge in [0.25, 0.3) is 0 Å². The van der Waals surface area contributed by atoms with Gasteiger partial charge in [-0.2, -0.15) is 5.10 Å². The van der Waals surface area contributed by atoms with Crippen molar-refractivity contribution in [2.24, 2.45) is 0 Å². The summed E-state index contributed by atoms with van der Waals surface area (Å²) in [7, 11) is 0. The fraction of sp³-hybridized carbons (Fsp3) is 0.375. The van der Waals surface area contributed by atoms with Crippen molar-refractivity contribution in [1.29, 1.82) is 0 Å². The van der Waals surface area contributed by atoms with Crippen LogP contribution in [0, 0.1) is 18.6 Å². The Morgan fingerprint density at radius 1 is 1.10 bits per heavy atom. The minimum Gasteiger partial charge on any atom is -0.438 e. The molecule has 1 heterocycles. The molecule has 3 aromatic rings. The van der Waals surface area contributed by atoms with E-state index >= 15 is 0 Å². The van der Waals surface area contributed by atoms with Gasteiger partial charge in [0.05, 0.1) is 23.0 Å². The van der Waals surface area contributed by atoms with Gasteiger partial charge in [0.15, 0.2) is 0 Å². The second-order valence-electron chi connectivity index (χ2n) is 7.90. The number of benzene rings is 2. The normalized spacial score (nSPS) is 12.5. The summed E-state index contributed by atoms with van der Waals surface area (Å²) in [5.41, 5.74) is 2.20. The van der Waals surface area contributed by atoms with Gasteiger partial charge >= 0.3 is 0 Å². The molecule has 1 aromatic heterocycles. The number of aliphatic hydroxyl groups is 1. The largest absolute Gasteiger partial charge is 0.438 e. The third kappa shape index (κ3) is 5.68. The van der Waals surface area contributed by atoms with Gasteiger partial charge in [-0.25, -0.2) is 13.5 Å². The number of hydrogen-bond acceptors (Lipinski definition) is 4. The van der Waals surface area contributed by atoms with E-state index in [0.717, 1.165) is 11.3 Å². The van der Waals surface area contributed by atoms with E-state index < -0.39 is 11.9 Å². The Labute approximate surface area is 181 Å². The average Bonchev–Trinajstić information content (AvgIpc) is 3.03. The Bertz CT molecular complexity index is 1000. The molecule has 0 spiro atoms. The van der Waals surface area contributed by atoms with Crippen LogP contribution < -0.4 is 4.74 Å². The number of nitrogens with zero attached hydrogens (tertiary/aromatic N) is 3. The van der Waals surface area contributed by atoms with Crippen molar-refractivity contribution < 1.29 is 18.6 Å². The zero-order chi connectivity index (χ0) is 22.5. The molecule has 0 saturated heterocycles. The maximum Gasteiger partial charge on any atom is 0.227 e. The number of rotatable bonds is 9. The van der Waals surface area contributed by atoms with Crippen LogP contribution in [0.2, 0.25) is 0 Å². The molecule has 1 N–H and O–H groups in total. The van der Waals surface area contributed by atoms with E-state index in [1.165, 1.54) is 24.3 Å². The standard InChI is InChI=1S/C24H29F2N3O2/c1-5-21(30)14-28(16(2)3)15-23-17(4)27-29(20-11-9-18(25)10-12-20)24(23)31-22-8-6-7-19(26)13-22/h6-13,16,21,30H,5,14-15H2,1-4H3. The first-order valence-corrected chi connectivity index (χ1v) is 10.5. The molecule has 0 aliphatic rings. The van der Waals surface area contributed by atoms with Crippen LogP contribution in [0.1, 0.15) is 38.4 Å². The summed E-state index contributed by atoms with van der Waals surface area (Å²) in [6.07, 6.45) is 0.214. The van der Waals surface area contributed by atoms with Gasteiger partial charge in [-0.3, -0.25) is 4.90 Å². The van der Waals surface area contributed by atoms with E-state index in [1.807, 2.05) is 13.8 Å². The fourth-order valence-electron chi connectivity index (χ4n) is 3.29. The Balaban J connectivity index is 2.05. The van der Waals surface area contributed by atoms with E-state index in [1.54, 1.807) is 28.9 Å². The number of hydrogen-bond donors (Lipinski definition) is 1. The van der Waals surface area contributed by atoms with E-state index in [4.69, 9.17) is 4.74 Å². The third-order valence-corrected chi connectivity index (χ3v) is 5.23. The van der Waals surface area contributed by atoms with Crippen molar-refractivity contribution >= 4 is 0 Å². The lowest BCUT2D eigenvalue weighted by Gasteiger charge is -2.28. The van der Waals surface area contributed by atoms with Crippen molar-refractivity contribution in [3.63, 3.8) is 0 Å². The highest BCUT2D eigenvalue weighted by Gasteiger charge is 2.23. The van der Waals surface area contributed by atoms with Crippen LogP contribution >= 0.6 is 0 Å². The molecule has 0 radical (unpaired) electrons. The predicted molar refractivity (Wildman–Crippen MR) is 117 cm³/mol. The Morgan fingerprint density at radius 2 is 1.81 bits per heavy atom. The lowest BCUT2D eigenvalue weighted by Crippen LogP contribution is -2.37. The molecule has 1 unspecified atom stereocenters. The second-order valence-corrected chi connectivity index (χ2v) is 7.90. The zero-order valence-corrected chi connectivity index (χ0v) is 18.3. The highest BCUT2D eigenvalue weighted by Crippen LogP contribution is 2.32.